The summed E-state index contributed by atoms with van der Waals surface area (Å²) >= 11 is 0. The topological polar surface area (TPSA) is 167 Å². The third kappa shape index (κ3) is 3.75. The highest BCUT2D eigenvalue weighted by Gasteiger charge is 2.23. The lowest BCUT2D eigenvalue weighted by Crippen LogP contribution is -2.20. The Morgan fingerprint density at radius 1 is 1.46 bits per heavy atom. The molecule has 0 saturated carbocycles. The first-order valence-electron chi connectivity index (χ1n) is 8.28. The lowest BCUT2D eigenvalue weighted by Gasteiger charge is -2.04. The van der Waals surface area contributed by atoms with E-state index in [4.69, 9.17) is 10.5 Å². The van der Waals surface area contributed by atoms with E-state index in [1.54, 1.807) is 12.1 Å². The summed E-state index contributed by atoms with van der Waals surface area (Å²) in [5, 5.41) is 28.5. The second-order valence-electron chi connectivity index (χ2n) is 5.65. The summed E-state index contributed by atoms with van der Waals surface area (Å²) in [4.78, 5) is 12.5. The number of aromatic hydroxyl groups is 1. The summed E-state index contributed by atoms with van der Waals surface area (Å²) < 4.78 is 10.9. The number of carbonyl (C=O) groups is 1. The highest BCUT2D eigenvalue weighted by atomic mass is 16.6. The number of nitrogen functional groups attached to an aromatic ring is 1. The van der Waals surface area contributed by atoms with Gasteiger partial charge in [-0.2, -0.15) is 9.78 Å². The number of hydrogen-bond acceptors (Lipinski definition) is 10. The van der Waals surface area contributed by atoms with E-state index in [1.165, 1.54) is 24.1 Å². The Morgan fingerprint density at radius 3 is 2.96 bits per heavy atom. The van der Waals surface area contributed by atoms with Crippen molar-refractivity contribution in [3.8, 4) is 17.3 Å². The van der Waals surface area contributed by atoms with E-state index in [2.05, 4.69) is 35.8 Å². The molecule has 28 heavy (non-hydrogen) atoms. The van der Waals surface area contributed by atoms with Crippen molar-refractivity contribution in [2.45, 2.75) is 19.8 Å². The minimum absolute atomic E-state index is 0.00567. The lowest BCUT2D eigenvalue weighted by atomic mass is 10.2. The Labute approximate surface area is 158 Å². The molecule has 1 amide bonds. The SMILES string of the molecule is CCCc1c(C(=O)N/N=C/c2ccc(O)c(OC)c2)nnn1-c1nonc1N. The van der Waals surface area contributed by atoms with Crippen LogP contribution in [0.15, 0.2) is 27.9 Å². The van der Waals surface area contributed by atoms with Crippen molar-refractivity contribution >= 4 is 17.9 Å². The number of methoxy groups -OCH3 is 1. The molecule has 0 atom stereocenters. The van der Waals surface area contributed by atoms with Crippen LogP contribution in [0, 0.1) is 0 Å². The molecule has 2 heterocycles. The molecule has 0 fully saturated rings. The molecule has 0 radical (unpaired) electrons. The predicted molar refractivity (Wildman–Crippen MR) is 97.3 cm³/mol. The van der Waals surface area contributed by atoms with Gasteiger partial charge < -0.3 is 15.6 Å². The number of hydrazone groups is 1. The van der Waals surface area contributed by atoms with Crippen molar-refractivity contribution in [3.05, 3.63) is 35.2 Å². The fraction of sp³-hybridized carbons (Fsp3) is 0.250. The van der Waals surface area contributed by atoms with Gasteiger partial charge in [0.05, 0.1) is 19.0 Å². The first-order valence-corrected chi connectivity index (χ1v) is 8.28. The Kier molecular flexibility index (Phi) is 5.48. The molecule has 1 aromatic carbocycles. The predicted octanol–water partition coefficient (Wildman–Crippen LogP) is 0.663. The van der Waals surface area contributed by atoms with Crippen LogP contribution in [0.5, 0.6) is 11.5 Å². The summed E-state index contributed by atoms with van der Waals surface area (Å²) in [5.74, 6) is -0.0525. The molecule has 0 aliphatic carbocycles. The van der Waals surface area contributed by atoms with Gasteiger partial charge in [-0.15, -0.1) is 5.10 Å². The van der Waals surface area contributed by atoms with Crippen LogP contribution in [0.25, 0.3) is 5.82 Å². The van der Waals surface area contributed by atoms with E-state index < -0.39 is 5.91 Å². The number of nitrogens with one attached hydrogen (secondary N) is 1. The van der Waals surface area contributed by atoms with Gasteiger partial charge in [-0.25, -0.2) is 10.1 Å². The number of benzene rings is 1. The largest absolute Gasteiger partial charge is 0.504 e. The summed E-state index contributed by atoms with van der Waals surface area (Å²) in [5.41, 5.74) is 9.30. The molecule has 4 N–H and O–H groups in total. The number of hydrogen-bond donors (Lipinski definition) is 3. The fourth-order valence-corrected chi connectivity index (χ4v) is 2.44. The van der Waals surface area contributed by atoms with Crippen LogP contribution in [0.4, 0.5) is 5.82 Å². The number of rotatable bonds is 7. The van der Waals surface area contributed by atoms with Crippen LogP contribution in [-0.2, 0) is 6.42 Å². The van der Waals surface area contributed by atoms with E-state index in [0.29, 0.717) is 23.4 Å². The number of nitrogens with zero attached hydrogens (tertiary/aromatic N) is 6. The number of phenolic OH excluding ortho intramolecular Hbond substituents is 1. The number of nitrogens with two attached hydrogens (primary N) is 1. The minimum atomic E-state index is -0.549. The molecule has 0 aliphatic heterocycles. The molecule has 2 aromatic heterocycles. The Balaban J connectivity index is 1.79. The first-order chi connectivity index (χ1) is 13.5. The number of carbonyl (C=O) groups excluding carboxylic acids is 1. The van der Waals surface area contributed by atoms with E-state index in [9.17, 15) is 9.90 Å². The van der Waals surface area contributed by atoms with Crippen molar-refractivity contribution in [3.63, 3.8) is 0 Å². The van der Waals surface area contributed by atoms with Crippen molar-refractivity contribution in [1.82, 2.24) is 30.7 Å². The van der Waals surface area contributed by atoms with E-state index in [1.807, 2.05) is 6.92 Å². The summed E-state index contributed by atoms with van der Waals surface area (Å²) in [7, 11) is 1.44. The van der Waals surface area contributed by atoms with Crippen LogP contribution in [0.1, 0.15) is 35.1 Å². The van der Waals surface area contributed by atoms with Crippen molar-refractivity contribution in [2.24, 2.45) is 5.10 Å². The maximum absolute atomic E-state index is 12.5. The average molecular weight is 386 g/mol. The molecule has 146 valence electrons. The summed E-state index contributed by atoms with van der Waals surface area (Å²) in [6.45, 7) is 1.94. The number of ether oxygens (including phenoxy) is 1. The van der Waals surface area contributed by atoms with Crippen molar-refractivity contribution in [1.29, 1.82) is 0 Å². The second-order valence-corrected chi connectivity index (χ2v) is 5.65. The number of aromatic nitrogens is 5. The third-order valence-electron chi connectivity index (χ3n) is 3.74. The number of amides is 1. The maximum Gasteiger partial charge on any atom is 0.293 e. The summed E-state index contributed by atoms with van der Waals surface area (Å²) in [6.07, 6.45) is 2.64. The van der Waals surface area contributed by atoms with E-state index in [0.717, 1.165) is 6.42 Å². The first kappa shape index (κ1) is 18.8. The number of phenols is 1. The zero-order chi connectivity index (χ0) is 20.1. The molecule has 0 unspecified atom stereocenters. The molecule has 0 bridgehead atoms. The van der Waals surface area contributed by atoms with Gasteiger partial charge in [-0.3, -0.25) is 4.79 Å². The Hall–Kier alpha value is -3.96. The zero-order valence-electron chi connectivity index (χ0n) is 15.2. The minimum Gasteiger partial charge on any atom is -0.504 e. The van der Waals surface area contributed by atoms with E-state index in [-0.39, 0.29) is 23.1 Å². The lowest BCUT2D eigenvalue weighted by molar-refractivity contribution is 0.0949. The quantitative estimate of drug-likeness (QED) is 0.390. The van der Waals surface area contributed by atoms with Gasteiger partial charge in [-0.1, -0.05) is 18.6 Å². The van der Waals surface area contributed by atoms with Gasteiger partial charge in [0.2, 0.25) is 11.6 Å². The van der Waals surface area contributed by atoms with Gasteiger partial charge in [0.1, 0.15) is 0 Å². The van der Waals surface area contributed by atoms with Gasteiger partial charge in [0.25, 0.3) is 5.91 Å². The van der Waals surface area contributed by atoms with Crippen LogP contribution >= 0.6 is 0 Å². The van der Waals surface area contributed by atoms with E-state index >= 15 is 0 Å². The van der Waals surface area contributed by atoms with Gasteiger partial charge >= 0.3 is 0 Å². The molecule has 3 rings (SSSR count). The molecule has 12 heteroatoms. The van der Waals surface area contributed by atoms with Crippen LogP contribution < -0.4 is 15.9 Å². The van der Waals surface area contributed by atoms with Crippen molar-refractivity contribution in [2.75, 3.05) is 12.8 Å². The van der Waals surface area contributed by atoms with Gasteiger partial charge in [0, 0.05) is 0 Å². The second kappa shape index (κ2) is 8.16. The Bertz CT molecular complexity index is 1010. The zero-order valence-corrected chi connectivity index (χ0v) is 15.2. The molecular formula is C16H18N8O4. The molecule has 12 nitrogen and oxygen atoms in total. The van der Waals surface area contributed by atoms with Crippen LogP contribution in [-0.4, -0.2) is 49.6 Å². The average Bonchev–Trinajstić information content (AvgIpc) is 3.29. The smallest absolute Gasteiger partial charge is 0.293 e. The van der Waals surface area contributed by atoms with Crippen LogP contribution in [0.3, 0.4) is 0 Å². The number of anilines is 1. The molecule has 0 aliphatic rings. The maximum atomic E-state index is 12.5. The highest BCUT2D eigenvalue weighted by molar-refractivity contribution is 5.94. The van der Waals surface area contributed by atoms with Gasteiger partial charge in [-0.05, 0) is 40.5 Å². The fourth-order valence-electron chi connectivity index (χ4n) is 2.44. The monoisotopic (exact) mass is 386 g/mol. The molecule has 0 saturated heterocycles. The Morgan fingerprint density at radius 2 is 2.29 bits per heavy atom. The molecular weight excluding hydrogens is 368 g/mol. The molecule has 0 spiro atoms. The van der Waals surface area contributed by atoms with Gasteiger partial charge in [0.15, 0.2) is 17.2 Å². The molecule has 3 aromatic rings. The third-order valence-corrected chi connectivity index (χ3v) is 3.74. The standard InChI is InChI=1S/C16H18N8O4/c1-3-4-10-13(19-23-24(10)15-14(17)21-28-22-15)16(26)20-18-8-9-5-6-11(25)12(7-9)27-2/h5-8,25H,3-4H2,1-2H3,(H2,17,21)(H,20,26)/b18-8+. The van der Waals surface area contributed by atoms with Crippen LogP contribution in [0.2, 0.25) is 0 Å². The summed E-state index contributed by atoms with van der Waals surface area (Å²) in [6, 6.07) is 4.65. The highest BCUT2D eigenvalue weighted by Crippen LogP contribution is 2.25. The normalized spacial score (nSPS) is 11.1. The van der Waals surface area contributed by atoms with Crippen molar-refractivity contribution < 1.29 is 19.3 Å².